The van der Waals surface area contributed by atoms with Crippen molar-refractivity contribution in [2.75, 3.05) is 24.3 Å². The van der Waals surface area contributed by atoms with Crippen LogP contribution in [0.5, 0.6) is 0 Å². The number of nitrogens with one attached hydrogen (secondary N) is 1. The minimum absolute atomic E-state index is 0.159. The Morgan fingerprint density at radius 2 is 2.04 bits per heavy atom. The lowest BCUT2D eigenvalue weighted by molar-refractivity contribution is -0.111. The highest BCUT2D eigenvalue weighted by Gasteiger charge is 2.36. The zero-order valence-corrected chi connectivity index (χ0v) is 14.7. The first-order chi connectivity index (χ1) is 11.4. The van der Waals surface area contributed by atoms with E-state index in [1.54, 1.807) is 6.08 Å². The van der Waals surface area contributed by atoms with Crippen molar-refractivity contribution >= 4 is 23.4 Å². The number of benzene rings is 1. The van der Waals surface area contributed by atoms with Gasteiger partial charge in [0.25, 0.3) is 0 Å². The number of aryl methyl sites for hydroxylation is 1. The molecule has 4 nitrogen and oxygen atoms in total. The van der Waals surface area contributed by atoms with Crippen LogP contribution < -0.4 is 10.2 Å². The maximum atomic E-state index is 12.1. The third-order valence-corrected chi connectivity index (χ3v) is 4.51. The minimum atomic E-state index is -0.159. The molecule has 0 aliphatic heterocycles. The summed E-state index contributed by atoms with van der Waals surface area (Å²) in [6.45, 7) is 4.21. The fourth-order valence-corrected chi connectivity index (χ4v) is 2.77. The average molecular weight is 324 g/mol. The number of carbonyl (C=O) groups is 1. The van der Waals surface area contributed by atoms with Crippen molar-refractivity contribution in [1.29, 1.82) is 0 Å². The molecule has 1 aliphatic carbocycles. The molecular formula is C20H24N2O2. The first-order valence-corrected chi connectivity index (χ1v) is 8.31. The number of rotatable bonds is 5. The number of nitrogens with zero attached hydrogens (tertiary/aromatic N) is 1. The Balaban J connectivity index is 1.62. The zero-order valence-electron chi connectivity index (χ0n) is 14.7. The molecule has 24 heavy (non-hydrogen) atoms. The molecule has 2 unspecified atom stereocenters. The van der Waals surface area contributed by atoms with Gasteiger partial charge < -0.3 is 14.6 Å². The largest absolute Gasteiger partial charge is 0.461 e. The van der Waals surface area contributed by atoms with Crippen LogP contribution in [-0.4, -0.2) is 20.0 Å². The SMILES string of the molecule is Cc1cc(N(C)C)ccc1NC(=O)C=Cc1ccc(C2CC2C)o1. The Kier molecular flexibility index (Phi) is 4.47. The topological polar surface area (TPSA) is 45.5 Å². The summed E-state index contributed by atoms with van der Waals surface area (Å²) in [6.07, 6.45) is 4.42. The maximum Gasteiger partial charge on any atom is 0.248 e. The summed E-state index contributed by atoms with van der Waals surface area (Å²) in [4.78, 5) is 14.1. The molecule has 1 N–H and O–H groups in total. The highest BCUT2D eigenvalue weighted by molar-refractivity contribution is 6.02. The molecule has 2 atom stereocenters. The van der Waals surface area contributed by atoms with Crippen molar-refractivity contribution in [1.82, 2.24) is 0 Å². The van der Waals surface area contributed by atoms with Crippen LogP contribution in [-0.2, 0) is 4.79 Å². The van der Waals surface area contributed by atoms with Gasteiger partial charge in [0.1, 0.15) is 11.5 Å². The van der Waals surface area contributed by atoms with Crippen LogP contribution in [0.1, 0.15) is 36.3 Å². The molecule has 1 aromatic heterocycles. The van der Waals surface area contributed by atoms with Gasteiger partial charge in [-0.05, 0) is 61.2 Å². The molecule has 126 valence electrons. The van der Waals surface area contributed by atoms with Crippen LogP contribution >= 0.6 is 0 Å². The van der Waals surface area contributed by atoms with E-state index in [1.165, 1.54) is 12.5 Å². The summed E-state index contributed by atoms with van der Waals surface area (Å²) >= 11 is 0. The molecule has 1 saturated carbocycles. The van der Waals surface area contributed by atoms with E-state index in [0.717, 1.165) is 28.5 Å². The summed E-state index contributed by atoms with van der Waals surface area (Å²) in [6, 6.07) is 9.89. The highest BCUT2D eigenvalue weighted by Crippen LogP contribution is 2.47. The van der Waals surface area contributed by atoms with Gasteiger partial charge in [-0.1, -0.05) is 6.92 Å². The standard InChI is InChI=1S/C20H24N2O2/c1-13-12-17(13)19-9-6-16(24-19)7-10-20(23)21-18-8-5-15(22(3)4)11-14(18)2/h5-11,13,17H,12H2,1-4H3,(H,21,23). The van der Waals surface area contributed by atoms with Crippen LogP contribution in [0.3, 0.4) is 0 Å². The van der Waals surface area contributed by atoms with E-state index in [9.17, 15) is 4.79 Å². The molecule has 1 aromatic carbocycles. The minimum Gasteiger partial charge on any atom is -0.461 e. The van der Waals surface area contributed by atoms with Gasteiger partial charge in [0.05, 0.1) is 0 Å². The summed E-state index contributed by atoms with van der Waals surface area (Å²) in [7, 11) is 3.99. The molecule has 1 aliphatic rings. The van der Waals surface area contributed by atoms with Crippen LogP contribution in [0.2, 0.25) is 0 Å². The fraction of sp³-hybridized carbons (Fsp3) is 0.350. The van der Waals surface area contributed by atoms with Gasteiger partial charge in [-0.2, -0.15) is 0 Å². The second kappa shape index (κ2) is 6.56. The molecule has 3 rings (SSSR count). The second-order valence-electron chi connectivity index (χ2n) is 6.78. The normalized spacial score (nSPS) is 19.5. The highest BCUT2D eigenvalue weighted by atomic mass is 16.3. The maximum absolute atomic E-state index is 12.1. The molecule has 1 heterocycles. The lowest BCUT2D eigenvalue weighted by atomic mass is 10.1. The summed E-state index contributed by atoms with van der Waals surface area (Å²) in [5.41, 5.74) is 2.96. The average Bonchev–Trinajstić information content (AvgIpc) is 3.08. The number of amides is 1. The van der Waals surface area contributed by atoms with Gasteiger partial charge in [-0.15, -0.1) is 0 Å². The van der Waals surface area contributed by atoms with Gasteiger partial charge in [0, 0.05) is 37.5 Å². The molecular weight excluding hydrogens is 300 g/mol. The van der Waals surface area contributed by atoms with Gasteiger partial charge in [0.2, 0.25) is 5.91 Å². The molecule has 4 heteroatoms. The summed E-state index contributed by atoms with van der Waals surface area (Å²) in [5, 5.41) is 2.91. The van der Waals surface area contributed by atoms with Crippen molar-refractivity contribution in [3.63, 3.8) is 0 Å². The van der Waals surface area contributed by atoms with Crippen molar-refractivity contribution < 1.29 is 9.21 Å². The molecule has 0 bridgehead atoms. The van der Waals surface area contributed by atoms with Crippen molar-refractivity contribution in [2.24, 2.45) is 5.92 Å². The monoisotopic (exact) mass is 324 g/mol. The van der Waals surface area contributed by atoms with E-state index in [-0.39, 0.29) is 5.91 Å². The van der Waals surface area contributed by atoms with E-state index in [1.807, 2.05) is 50.2 Å². The van der Waals surface area contributed by atoms with E-state index in [0.29, 0.717) is 11.8 Å². The Labute approximate surface area is 143 Å². The van der Waals surface area contributed by atoms with E-state index < -0.39 is 0 Å². The van der Waals surface area contributed by atoms with Gasteiger partial charge in [-0.3, -0.25) is 4.79 Å². The van der Waals surface area contributed by atoms with E-state index >= 15 is 0 Å². The lowest BCUT2D eigenvalue weighted by Gasteiger charge is -2.15. The summed E-state index contributed by atoms with van der Waals surface area (Å²) in [5.74, 6) is 2.85. The number of anilines is 2. The lowest BCUT2D eigenvalue weighted by Crippen LogP contribution is -2.11. The van der Waals surface area contributed by atoms with Crippen LogP contribution in [0.15, 0.2) is 40.8 Å². The van der Waals surface area contributed by atoms with Gasteiger partial charge in [-0.25, -0.2) is 0 Å². The Hall–Kier alpha value is -2.49. The number of furan rings is 1. The number of hydrogen-bond acceptors (Lipinski definition) is 3. The Bertz CT molecular complexity index is 774. The van der Waals surface area contributed by atoms with Crippen molar-refractivity contribution in [3.8, 4) is 0 Å². The molecule has 1 fully saturated rings. The Morgan fingerprint density at radius 3 is 2.67 bits per heavy atom. The predicted octanol–water partition coefficient (Wildman–Crippen LogP) is 4.43. The van der Waals surface area contributed by atoms with Crippen LogP contribution in [0, 0.1) is 12.8 Å². The zero-order chi connectivity index (χ0) is 17.3. The quantitative estimate of drug-likeness (QED) is 0.828. The molecule has 1 amide bonds. The third-order valence-electron chi connectivity index (χ3n) is 4.51. The third kappa shape index (κ3) is 3.70. The second-order valence-corrected chi connectivity index (χ2v) is 6.78. The first kappa shape index (κ1) is 16.4. The van der Waals surface area contributed by atoms with Crippen molar-refractivity contribution in [2.45, 2.75) is 26.2 Å². The van der Waals surface area contributed by atoms with Crippen LogP contribution in [0.25, 0.3) is 6.08 Å². The summed E-state index contributed by atoms with van der Waals surface area (Å²) < 4.78 is 5.77. The molecule has 2 aromatic rings. The van der Waals surface area contributed by atoms with Gasteiger partial charge >= 0.3 is 0 Å². The Morgan fingerprint density at radius 1 is 1.29 bits per heavy atom. The first-order valence-electron chi connectivity index (χ1n) is 8.31. The van der Waals surface area contributed by atoms with E-state index in [2.05, 4.69) is 18.3 Å². The van der Waals surface area contributed by atoms with Crippen LogP contribution in [0.4, 0.5) is 11.4 Å². The molecule has 0 saturated heterocycles. The number of hydrogen-bond donors (Lipinski definition) is 1. The number of carbonyl (C=O) groups excluding carboxylic acids is 1. The van der Waals surface area contributed by atoms with E-state index in [4.69, 9.17) is 4.42 Å². The van der Waals surface area contributed by atoms with Gasteiger partial charge in [0.15, 0.2) is 0 Å². The smallest absolute Gasteiger partial charge is 0.248 e. The molecule has 0 spiro atoms. The molecule has 0 radical (unpaired) electrons. The van der Waals surface area contributed by atoms with Crippen molar-refractivity contribution in [3.05, 3.63) is 53.5 Å². The fourth-order valence-electron chi connectivity index (χ4n) is 2.77. The predicted molar refractivity (Wildman–Crippen MR) is 98.4 cm³/mol.